The van der Waals surface area contributed by atoms with Gasteiger partial charge in [-0.25, -0.2) is 4.79 Å². The SMILES string of the molecule is O=C(NC1CCC(c2ccccc2)(c2ccccc2)CC1)Oc1ccccc1. The van der Waals surface area contributed by atoms with E-state index in [-0.39, 0.29) is 17.6 Å². The highest BCUT2D eigenvalue weighted by Gasteiger charge is 2.38. The largest absolute Gasteiger partial charge is 0.412 e. The van der Waals surface area contributed by atoms with E-state index < -0.39 is 0 Å². The summed E-state index contributed by atoms with van der Waals surface area (Å²) in [6.45, 7) is 0. The highest BCUT2D eigenvalue weighted by molar-refractivity contribution is 5.70. The molecule has 3 nitrogen and oxygen atoms in total. The highest BCUT2D eigenvalue weighted by Crippen LogP contribution is 2.44. The Bertz CT molecular complexity index is 844. The molecule has 3 heteroatoms. The summed E-state index contributed by atoms with van der Waals surface area (Å²) in [5, 5.41) is 3.05. The Balaban J connectivity index is 1.46. The minimum atomic E-state index is -0.372. The average Bonchev–Trinajstić information content (AvgIpc) is 2.76. The number of ether oxygens (including phenoxy) is 1. The van der Waals surface area contributed by atoms with Gasteiger partial charge in [-0.15, -0.1) is 0 Å². The zero-order chi connectivity index (χ0) is 19.2. The van der Waals surface area contributed by atoms with Gasteiger partial charge in [0.1, 0.15) is 5.75 Å². The van der Waals surface area contributed by atoms with Gasteiger partial charge < -0.3 is 10.1 Å². The first-order valence-electron chi connectivity index (χ1n) is 9.91. The maximum Gasteiger partial charge on any atom is 0.412 e. The van der Waals surface area contributed by atoms with E-state index in [1.165, 1.54) is 11.1 Å². The Kier molecular flexibility index (Phi) is 5.43. The molecule has 0 bridgehead atoms. The number of nitrogens with one attached hydrogen (secondary N) is 1. The predicted octanol–water partition coefficient (Wildman–Crippen LogP) is 5.70. The molecular weight excluding hydrogens is 346 g/mol. The van der Waals surface area contributed by atoms with Crippen molar-refractivity contribution in [1.29, 1.82) is 0 Å². The second-order valence-electron chi connectivity index (χ2n) is 7.44. The van der Waals surface area contributed by atoms with Gasteiger partial charge in [-0.05, 0) is 48.9 Å². The molecule has 0 aromatic heterocycles. The van der Waals surface area contributed by atoms with Crippen molar-refractivity contribution < 1.29 is 9.53 Å². The summed E-state index contributed by atoms with van der Waals surface area (Å²) in [4.78, 5) is 12.2. The second-order valence-corrected chi connectivity index (χ2v) is 7.44. The van der Waals surface area contributed by atoms with Crippen molar-refractivity contribution in [2.45, 2.75) is 37.1 Å². The van der Waals surface area contributed by atoms with E-state index in [9.17, 15) is 4.79 Å². The second kappa shape index (κ2) is 8.30. The standard InChI is InChI=1S/C25H25NO2/c27-24(28-23-14-8-3-9-15-23)26-22-16-18-25(19-17-22,20-10-4-1-5-11-20)21-12-6-2-7-13-21/h1-15,22H,16-19H2,(H,26,27). The van der Waals surface area contributed by atoms with E-state index in [0.29, 0.717) is 5.75 Å². The van der Waals surface area contributed by atoms with E-state index in [1.807, 2.05) is 18.2 Å². The molecule has 1 amide bonds. The molecule has 0 unspecified atom stereocenters. The smallest absolute Gasteiger partial charge is 0.410 e. The molecule has 1 aliphatic carbocycles. The maximum atomic E-state index is 12.2. The third-order valence-corrected chi connectivity index (χ3v) is 5.77. The molecule has 1 aliphatic rings. The lowest BCUT2D eigenvalue weighted by atomic mass is 9.64. The molecular formula is C25H25NO2. The summed E-state index contributed by atoms with van der Waals surface area (Å²) in [7, 11) is 0. The zero-order valence-electron chi connectivity index (χ0n) is 15.9. The van der Waals surface area contributed by atoms with Crippen LogP contribution in [0.5, 0.6) is 5.75 Å². The molecule has 28 heavy (non-hydrogen) atoms. The van der Waals surface area contributed by atoms with Crippen LogP contribution in [-0.4, -0.2) is 12.1 Å². The fraction of sp³-hybridized carbons (Fsp3) is 0.240. The van der Waals surface area contributed by atoms with Crippen LogP contribution in [0.25, 0.3) is 0 Å². The van der Waals surface area contributed by atoms with Crippen LogP contribution in [-0.2, 0) is 5.41 Å². The molecule has 3 aromatic carbocycles. The molecule has 0 radical (unpaired) electrons. The van der Waals surface area contributed by atoms with Crippen molar-refractivity contribution in [3.63, 3.8) is 0 Å². The van der Waals surface area contributed by atoms with Crippen molar-refractivity contribution in [3.8, 4) is 5.75 Å². The average molecular weight is 371 g/mol. The lowest BCUT2D eigenvalue weighted by Crippen LogP contribution is -2.43. The van der Waals surface area contributed by atoms with Gasteiger partial charge >= 0.3 is 6.09 Å². The van der Waals surface area contributed by atoms with Crippen LogP contribution in [0.1, 0.15) is 36.8 Å². The van der Waals surface area contributed by atoms with E-state index >= 15 is 0 Å². The summed E-state index contributed by atoms with van der Waals surface area (Å²) in [6.07, 6.45) is 3.47. The molecule has 1 N–H and O–H groups in total. The van der Waals surface area contributed by atoms with Gasteiger partial charge in [-0.2, -0.15) is 0 Å². The van der Waals surface area contributed by atoms with Crippen LogP contribution in [0.3, 0.4) is 0 Å². The highest BCUT2D eigenvalue weighted by atomic mass is 16.6. The summed E-state index contributed by atoms with van der Waals surface area (Å²) >= 11 is 0. The number of carbonyl (C=O) groups is 1. The Morgan fingerprint density at radius 3 is 1.71 bits per heavy atom. The number of hydrogen-bond donors (Lipinski definition) is 1. The van der Waals surface area contributed by atoms with E-state index in [4.69, 9.17) is 4.74 Å². The van der Waals surface area contributed by atoms with Crippen LogP contribution in [0.4, 0.5) is 4.79 Å². The number of amides is 1. The topological polar surface area (TPSA) is 38.3 Å². The minimum absolute atomic E-state index is 0.00400. The molecule has 1 saturated carbocycles. The fourth-order valence-corrected chi connectivity index (χ4v) is 4.31. The van der Waals surface area contributed by atoms with Gasteiger partial charge in [0.15, 0.2) is 0 Å². The molecule has 4 rings (SSSR count). The number of hydrogen-bond acceptors (Lipinski definition) is 2. The van der Waals surface area contributed by atoms with Crippen molar-refractivity contribution in [1.82, 2.24) is 5.32 Å². The van der Waals surface area contributed by atoms with Gasteiger partial charge in [-0.1, -0.05) is 78.9 Å². The van der Waals surface area contributed by atoms with Crippen molar-refractivity contribution in [3.05, 3.63) is 102 Å². The first-order valence-corrected chi connectivity index (χ1v) is 9.91. The van der Waals surface area contributed by atoms with Gasteiger partial charge in [0.2, 0.25) is 0 Å². The molecule has 142 valence electrons. The number of rotatable bonds is 4. The van der Waals surface area contributed by atoms with Gasteiger partial charge in [-0.3, -0.25) is 0 Å². The third-order valence-electron chi connectivity index (χ3n) is 5.77. The van der Waals surface area contributed by atoms with Crippen LogP contribution in [0.15, 0.2) is 91.0 Å². The number of para-hydroxylation sites is 1. The normalized spacial score (nSPS) is 16.3. The van der Waals surface area contributed by atoms with Gasteiger partial charge in [0.25, 0.3) is 0 Å². The Morgan fingerprint density at radius 1 is 0.750 bits per heavy atom. The maximum absolute atomic E-state index is 12.2. The van der Waals surface area contributed by atoms with E-state index in [2.05, 4.69) is 66.0 Å². The summed E-state index contributed by atoms with van der Waals surface area (Å²) in [5.74, 6) is 0.568. The van der Waals surface area contributed by atoms with Gasteiger partial charge in [0, 0.05) is 11.5 Å². The quantitative estimate of drug-likeness (QED) is 0.638. The zero-order valence-corrected chi connectivity index (χ0v) is 15.9. The Hall–Kier alpha value is -3.07. The van der Waals surface area contributed by atoms with Crippen molar-refractivity contribution in [2.24, 2.45) is 0 Å². The molecule has 0 heterocycles. The number of carbonyl (C=O) groups excluding carboxylic acids is 1. The summed E-state index contributed by atoms with van der Waals surface area (Å²) in [5.41, 5.74) is 2.71. The van der Waals surface area contributed by atoms with Crippen molar-refractivity contribution in [2.75, 3.05) is 0 Å². The van der Waals surface area contributed by atoms with Crippen molar-refractivity contribution >= 4 is 6.09 Å². The molecule has 0 atom stereocenters. The molecule has 3 aromatic rings. The van der Waals surface area contributed by atoms with Crippen LogP contribution in [0, 0.1) is 0 Å². The monoisotopic (exact) mass is 371 g/mol. The first kappa shape index (κ1) is 18.3. The van der Waals surface area contributed by atoms with Crippen LogP contribution in [0.2, 0.25) is 0 Å². The lowest BCUT2D eigenvalue weighted by Gasteiger charge is -2.41. The molecule has 0 spiro atoms. The molecule has 0 saturated heterocycles. The van der Waals surface area contributed by atoms with Crippen LogP contribution < -0.4 is 10.1 Å². The number of benzene rings is 3. The van der Waals surface area contributed by atoms with Crippen LogP contribution >= 0.6 is 0 Å². The Labute approximate surface area is 166 Å². The molecule has 1 fully saturated rings. The fourth-order valence-electron chi connectivity index (χ4n) is 4.31. The third kappa shape index (κ3) is 3.94. The lowest BCUT2D eigenvalue weighted by molar-refractivity contribution is 0.187. The predicted molar refractivity (Wildman–Crippen MR) is 112 cm³/mol. The Morgan fingerprint density at radius 2 is 1.21 bits per heavy atom. The van der Waals surface area contributed by atoms with E-state index in [0.717, 1.165) is 25.7 Å². The summed E-state index contributed by atoms with van der Waals surface area (Å²) < 4.78 is 5.39. The van der Waals surface area contributed by atoms with Gasteiger partial charge in [0.05, 0.1) is 0 Å². The minimum Gasteiger partial charge on any atom is -0.410 e. The first-order chi connectivity index (χ1) is 13.8. The van der Waals surface area contributed by atoms with E-state index in [1.54, 1.807) is 12.1 Å². The summed E-state index contributed by atoms with van der Waals surface area (Å²) in [6, 6.07) is 30.8. The molecule has 0 aliphatic heterocycles.